The smallest absolute Gasteiger partial charge is 0.294 e. The van der Waals surface area contributed by atoms with Gasteiger partial charge in [0.1, 0.15) is 23.6 Å². The molecule has 2 N–H and O–H groups in total. The fraction of sp³-hybridized carbons (Fsp3) is 0.467. The zero-order valence-electron chi connectivity index (χ0n) is 24.9. The molecule has 13 heteroatoms. The number of halogens is 1. The first-order valence-corrected chi connectivity index (χ1v) is 17.7. The number of rotatable bonds is 9. The van der Waals surface area contributed by atoms with E-state index in [2.05, 4.69) is 30.4 Å². The fourth-order valence-corrected chi connectivity index (χ4v) is 7.26. The zero-order chi connectivity index (χ0) is 30.6. The highest BCUT2D eigenvalue weighted by Gasteiger charge is 2.30. The van der Waals surface area contributed by atoms with Crippen molar-refractivity contribution in [3.63, 3.8) is 0 Å². The van der Waals surface area contributed by atoms with Crippen molar-refractivity contribution in [3.05, 3.63) is 57.7 Å². The largest absolute Gasteiger partial charge is 0.494 e. The molecule has 2 saturated heterocycles. The SMILES string of the molecule is COc1cc(N2CCC(N3CCCCCC3)CC2)c([N+](=O)[O-])cc1Nc1ncc(Cl)c(Nc2ccccc2P(C)(C)=O)n1. The maximum atomic E-state index is 12.8. The van der Waals surface area contributed by atoms with Crippen molar-refractivity contribution in [2.45, 2.75) is 44.6 Å². The summed E-state index contributed by atoms with van der Waals surface area (Å²) >= 11 is 6.41. The Hall–Kier alpha value is -3.40. The van der Waals surface area contributed by atoms with Crippen LogP contribution in [0, 0.1) is 10.1 Å². The highest BCUT2D eigenvalue weighted by atomic mass is 35.5. The average Bonchev–Trinajstić information content (AvgIpc) is 3.28. The minimum absolute atomic E-state index is 0.0144. The van der Waals surface area contributed by atoms with E-state index in [0.29, 0.717) is 40.0 Å². The van der Waals surface area contributed by atoms with Gasteiger partial charge in [-0.2, -0.15) is 4.98 Å². The standard InChI is InChI=1S/C30H39ClN7O4P/c1-42-27-19-25(37-16-12-21(13-17-37)36-14-8-4-5-9-15-36)26(38(39)40)18-24(27)34-30-32-20-22(31)29(35-30)33-23-10-6-7-11-28(23)43(2,3)41/h6-7,10-11,18-21H,4-5,8-9,12-17H2,1-3H3,(H2,32,33,34,35). The molecule has 0 radical (unpaired) electrons. The number of para-hydroxylation sites is 1. The van der Waals surface area contributed by atoms with E-state index in [0.717, 1.165) is 39.0 Å². The van der Waals surface area contributed by atoms with Crippen molar-refractivity contribution < 1.29 is 14.2 Å². The molecule has 2 aliphatic rings. The molecule has 0 bridgehead atoms. The third kappa shape index (κ3) is 7.40. The number of benzene rings is 2. The zero-order valence-corrected chi connectivity index (χ0v) is 26.5. The molecule has 2 aliphatic heterocycles. The van der Waals surface area contributed by atoms with Crippen LogP contribution in [0.1, 0.15) is 38.5 Å². The van der Waals surface area contributed by atoms with Gasteiger partial charge >= 0.3 is 0 Å². The summed E-state index contributed by atoms with van der Waals surface area (Å²) in [7, 11) is -1.05. The molecule has 3 heterocycles. The van der Waals surface area contributed by atoms with Gasteiger partial charge in [-0.15, -0.1) is 0 Å². The summed E-state index contributed by atoms with van der Waals surface area (Å²) in [6, 6.07) is 11.0. The Kier molecular flexibility index (Phi) is 9.74. The van der Waals surface area contributed by atoms with Crippen LogP contribution in [-0.2, 0) is 4.57 Å². The van der Waals surface area contributed by atoms with Gasteiger partial charge in [0.15, 0.2) is 5.82 Å². The average molecular weight is 628 g/mol. The summed E-state index contributed by atoms with van der Waals surface area (Å²) in [6.45, 7) is 7.18. The maximum Gasteiger partial charge on any atom is 0.294 e. The van der Waals surface area contributed by atoms with Crippen LogP contribution in [0.15, 0.2) is 42.6 Å². The lowest BCUT2D eigenvalue weighted by atomic mass is 10.0. The van der Waals surface area contributed by atoms with Gasteiger partial charge in [0.25, 0.3) is 5.69 Å². The molecule has 1 aromatic heterocycles. The van der Waals surface area contributed by atoms with Crippen LogP contribution in [0.5, 0.6) is 5.75 Å². The van der Waals surface area contributed by atoms with Crippen molar-refractivity contribution in [2.24, 2.45) is 0 Å². The first kappa shape index (κ1) is 31.0. The summed E-state index contributed by atoms with van der Waals surface area (Å²) in [4.78, 5) is 25.4. The molecule has 0 saturated carbocycles. The Morgan fingerprint density at radius 1 is 1.02 bits per heavy atom. The number of hydrogen-bond acceptors (Lipinski definition) is 10. The van der Waals surface area contributed by atoms with E-state index in [1.807, 2.05) is 18.2 Å². The Morgan fingerprint density at radius 2 is 1.72 bits per heavy atom. The van der Waals surface area contributed by atoms with Crippen molar-refractivity contribution in [1.82, 2.24) is 14.9 Å². The number of anilines is 5. The summed E-state index contributed by atoms with van der Waals surface area (Å²) in [5.74, 6) is 0.906. The summed E-state index contributed by atoms with van der Waals surface area (Å²) < 4.78 is 18.5. The van der Waals surface area contributed by atoms with Crippen LogP contribution >= 0.6 is 18.7 Å². The van der Waals surface area contributed by atoms with Gasteiger partial charge in [0.2, 0.25) is 5.95 Å². The van der Waals surface area contributed by atoms with Gasteiger partial charge < -0.3 is 29.7 Å². The van der Waals surface area contributed by atoms with Crippen molar-refractivity contribution >= 4 is 58.6 Å². The molecular formula is C30H39ClN7O4P. The summed E-state index contributed by atoms with van der Waals surface area (Å²) in [5, 5.41) is 19.4. The molecule has 230 valence electrons. The van der Waals surface area contributed by atoms with Crippen LogP contribution < -0.4 is 25.6 Å². The molecule has 43 heavy (non-hydrogen) atoms. The second-order valence-electron chi connectivity index (χ2n) is 11.5. The predicted octanol–water partition coefficient (Wildman–Crippen LogP) is 6.63. The number of nitro benzene ring substituents is 1. The first-order chi connectivity index (χ1) is 20.6. The second kappa shape index (κ2) is 13.5. The number of methoxy groups -OCH3 is 1. The van der Waals surface area contributed by atoms with E-state index < -0.39 is 7.14 Å². The van der Waals surface area contributed by atoms with Gasteiger partial charge in [-0.05, 0) is 64.2 Å². The lowest BCUT2D eigenvalue weighted by Gasteiger charge is -2.39. The Morgan fingerprint density at radius 3 is 2.37 bits per heavy atom. The van der Waals surface area contributed by atoms with Gasteiger partial charge in [0.05, 0.1) is 29.6 Å². The van der Waals surface area contributed by atoms with Crippen LogP contribution in [0.3, 0.4) is 0 Å². The lowest BCUT2D eigenvalue weighted by molar-refractivity contribution is -0.384. The van der Waals surface area contributed by atoms with E-state index in [-0.39, 0.29) is 21.6 Å². The minimum atomic E-state index is -2.58. The summed E-state index contributed by atoms with van der Waals surface area (Å²) in [6.07, 6.45) is 8.48. The Labute approximate surface area is 257 Å². The molecule has 0 spiro atoms. The second-order valence-corrected chi connectivity index (χ2v) is 15.1. The van der Waals surface area contributed by atoms with Crippen LogP contribution in [-0.4, -0.2) is 72.5 Å². The number of nitrogens with zero attached hydrogens (tertiary/aromatic N) is 5. The highest BCUT2D eigenvalue weighted by molar-refractivity contribution is 7.70. The van der Waals surface area contributed by atoms with Crippen LogP contribution in [0.4, 0.5) is 34.5 Å². The van der Waals surface area contributed by atoms with E-state index in [4.69, 9.17) is 16.3 Å². The van der Waals surface area contributed by atoms with Gasteiger partial charge in [-0.1, -0.05) is 36.6 Å². The highest BCUT2D eigenvalue weighted by Crippen LogP contribution is 2.41. The number of nitro groups is 1. The lowest BCUT2D eigenvalue weighted by Crippen LogP contribution is -2.45. The fourth-order valence-electron chi connectivity index (χ4n) is 5.97. The molecule has 0 amide bonds. The number of ether oxygens (including phenoxy) is 1. The maximum absolute atomic E-state index is 12.8. The van der Waals surface area contributed by atoms with E-state index in [9.17, 15) is 14.7 Å². The Balaban J connectivity index is 1.37. The molecule has 2 fully saturated rings. The number of nitrogens with one attached hydrogen (secondary N) is 2. The minimum Gasteiger partial charge on any atom is -0.494 e. The molecule has 2 aromatic carbocycles. The topological polar surface area (TPSA) is 126 Å². The molecule has 5 rings (SSSR count). The molecule has 3 aromatic rings. The number of hydrogen-bond donors (Lipinski definition) is 2. The molecule has 0 aliphatic carbocycles. The quantitative estimate of drug-likeness (QED) is 0.152. The monoisotopic (exact) mass is 627 g/mol. The first-order valence-electron chi connectivity index (χ1n) is 14.7. The van der Waals surface area contributed by atoms with Gasteiger partial charge in [-0.25, -0.2) is 4.98 Å². The normalized spacial score (nSPS) is 16.9. The predicted molar refractivity (Wildman–Crippen MR) is 174 cm³/mol. The number of piperidine rings is 1. The Bertz CT molecular complexity index is 1500. The summed E-state index contributed by atoms with van der Waals surface area (Å²) in [5.41, 5.74) is 1.51. The third-order valence-electron chi connectivity index (χ3n) is 8.18. The van der Waals surface area contributed by atoms with Crippen molar-refractivity contribution in [3.8, 4) is 5.75 Å². The van der Waals surface area contributed by atoms with Crippen LogP contribution in [0.2, 0.25) is 5.02 Å². The van der Waals surface area contributed by atoms with E-state index in [1.165, 1.54) is 45.1 Å². The number of aromatic nitrogens is 2. The van der Waals surface area contributed by atoms with Crippen molar-refractivity contribution in [2.75, 3.05) is 62.2 Å². The molecular weight excluding hydrogens is 589 g/mol. The molecule has 0 unspecified atom stereocenters. The van der Waals surface area contributed by atoms with Gasteiger partial charge in [0, 0.05) is 36.6 Å². The van der Waals surface area contributed by atoms with Crippen molar-refractivity contribution in [1.29, 1.82) is 0 Å². The molecule has 0 atom stereocenters. The van der Waals surface area contributed by atoms with Crippen LogP contribution in [0.25, 0.3) is 0 Å². The van der Waals surface area contributed by atoms with Gasteiger partial charge in [-0.3, -0.25) is 10.1 Å². The van der Waals surface area contributed by atoms with E-state index >= 15 is 0 Å². The van der Waals surface area contributed by atoms with E-state index in [1.54, 1.807) is 25.5 Å². The number of likely N-dealkylation sites (tertiary alicyclic amines) is 1. The third-order valence-corrected chi connectivity index (χ3v) is 10.0. The molecule has 11 nitrogen and oxygen atoms in total.